The monoisotopic (exact) mass is 350 g/mol. The third kappa shape index (κ3) is 3.27. The molecule has 0 aliphatic carbocycles. The van der Waals surface area contributed by atoms with Gasteiger partial charge in [0.1, 0.15) is 11.4 Å². The Hall–Kier alpha value is -2.53. The first-order valence-electron chi connectivity index (χ1n) is 9.27. The van der Waals surface area contributed by atoms with Crippen molar-refractivity contribution in [3.8, 4) is 17.0 Å². The van der Waals surface area contributed by atoms with Gasteiger partial charge in [-0.3, -0.25) is 4.90 Å². The lowest BCUT2D eigenvalue weighted by atomic mass is 10.00. The van der Waals surface area contributed by atoms with Gasteiger partial charge in [-0.05, 0) is 49.6 Å². The molecule has 1 aliphatic rings. The minimum absolute atomic E-state index is 0.744. The number of nitrogens with zero attached hydrogens (tertiary/aromatic N) is 3. The van der Waals surface area contributed by atoms with E-state index in [1.54, 1.807) is 7.11 Å². The number of likely N-dealkylation sites (tertiary alicyclic amines) is 1. The van der Waals surface area contributed by atoms with E-state index in [4.69, 9.17) is 15.5 Å². The Morgan fingerprint density at radius 3 is 2.96 bits per heavy atom. The lowest BCUT2D eigenvalue weighted by Crippen LogP contribution is -2.34. The Balaban J connectivity index is 1.80. The highest BCUT2D eigenvalue weighted by atomic mass is 16.5. The predicted octanol–water partition coefficient (Wildman–Crippen LogP) is 3.82. The average Bonchev–Trinajstić information content (AvgIpc) is 2.99. The number of benzene rings is 1. The quantitative estimate of drug-likeness (QED) is 0.777. The number of rotatable bonds is 4. The third-order valence-electron chi connectivity index (χ3n) is 5.20. The van der Waals surface area contributed by atoms with Gasteiger partial charge < -0.3 is 14.9 Å². The number of piperidine rings is 1. The molecule has 26 heavy (non-hydrogen) atoms. The summed E-state index contributed by atoms with van der Waals surface area (Å²) in [5, 5.41) is 0. The zero-order chi connectivity index (χ0) is 18.1. The molecule has 1 saturated heterocycles. The molecule has 3 aromatic rings. The van der Waals surface area contributed by atoms with Gasteiger partial charge in [-0.25, -0.2) is 4.98 Å². The number of fused-ring (bicyclic) bond motifs is 1. The van der Waals surface area contributed by atoms with Gasteiger partial charge in [-0.2, -0.15) is 0 Å². The number of imidazole rings is 1. The van der Waals surface area contributed by atoms with Crippen LogP contribution in [0.3, 0.4) is 0 Å². The number of aromatic nitrogens is 2. The van der Waals surface area contributed by atoms with E-state index in [1.807, 2.05) is 36.5 Å². The van der Waals surface area contributed by atoms with Gasteiger partial charge in [0.2, 0.25) is 0 Å². The van der Waals surface area contributed by atoms with Crippen molar-refractivity contribution in [2.24, 2.45) is 5.92 Å². The van der Waals surface area contributed by atoms with Gasteiger partial charge in [0.05, 0.1) is 18.5 Å². The molecule has 2 aromatic heterocycles. The van der Waals surface area contributed by atoms with Gasteiger partial charge in [0.25, 0.3) is 0 Å². The van der Waals surface area contributed by atoms with E-state index in [1.165, 1.54) is 18.5 Å². The fraction of sp³-hybridized carbons (Fsp3) is 0.381. The molecule has 136 valence electrons. The van der Waals surface area contributed by atoms with Crippen LogP contribution in [-0.2, 0) is 6.54 Å². The number of nitrogen functional groups attached to an aromatic ring is 1. The standard InChI is InChI=1S/C21H26N4O/c1-15-5-4-10-24(12-15)14-19-21(16-6-3-7-18(11-16)26-2)23-20-9-8-17(22)13-25(19)20/h3,6-9,11,13,15H,4-5,10,12,14,22H2,1-2H3. The minimum atomic E-state index is 0.744. The van der Waals surface area contributed by atoms with E-state index in [2.05, 4.69) is 22.3 Å². The summed E-state index contributed by atoms with van der Waals surface area (Å²) >= 11 is 0. The van der Waals surface area contributed by atoms with Crippen molar-refractivity contribution in [1.29, 1.82) is 0 Å². The minimum Gasteiger partial charge on any atom is -0.497 e. The Labute approximate surface area is 154 Å². The van der Waals surface area contributed by atoms with E-state index in [-0.39, 0.29) is 0 Å². The van der Waals surface area contributed by atoms with E-state index >= 15 is 0 Å². The number of methoxy groups -OCH3 is 1. The van der Waals surface area contributed by atoms with Crippen LogP contribution in [0.4, 0.5) is 5.69 Å². The maximum Gasteiger partial charge on any atom is 0.137 e. The molecule has 5 nitrogen and oxygen atoms in total. The summed E-state index contributed by atoms with van der Waals surface area (Å²) in [6, 6.07) is 12.0. The predicted molar refractivity (Wildman–Crippen MR) is 105 cm³/mol. The van der Waals surface area contributed by atoms with Gasteiger partial charge >= 0.3 is 0 Å². The van der Waals surface area contributed by atoms with Gasteiger partial charge in [0, 0.05) is 30.5 Å². The second kappa shape index (κ2) is 7.00. The molecule has 0 spiro atoms. The summed E-state index contributed by atoms with van der Waals surface area (Å²) in [5.74, 6) is 1.59. The lowest BCUT2D eigenvalue weighted by molar-refractivity contribution is 0.174. The van der Waals surface area contributed by atoms with E-state index < -0.39 is 0 Å². The summed E-state index contributed by atoms with van der Waals surface area (Å²) in [6.07, 6.45) is 4.56. The Morgan fingerprint density at radius 1 is 1.27 bits per heavy atom. The van der Waals surface area contributed by atoms with Crippen molar-refractivity contribution in [1.82, 2.24) is 14.3 Å². The van der Waals surface area contributed by atoms with Crippen LogP contribution in [0.25, 0.3) is 16.9 Å². The first-order chi connectivity index (χ1) is 12.6. The maximum atomic E-state index is 6.06. The summed E-state index contributed by atoms with van der Waals surface area (Å²) in [4.78, 5) is 7.44. The largest absolute Gasteiger partial charge is 0.497 e. The van der Waals surface area contributed by atoms with Crippen molar-refractivity contribution in [3.05, 3.63) is 48.3 Å². The Bertz CT molecular complexity index is 918. The molecule has 0 radical (unpaired) electrons. The van der Waals surface area contributed by atoms with Crippen LogP contribution in [0, 0.1) is 5.92 Å². The SMILES string of the molecule is COc1cccc(-c2nc3ccc(N)cn3c2CN2CCCC(C)C2)c1. The second-order valence-corrected chi connectivity index (χ2v) is 7.31. The number of pyridine rings is 1. The molecule has 1 fully saturated rings. The molecule has 1 atom stereocenters. The number of anilines is 1. The third-order valence-corrected chi connectivity index (χ3v) is 5.20. The number of nitrogens with two attached hydrogens (primary N) is 1. The van der Waals surface area contributed by atoms with Crippen LogP contribution >= 0.6 is 0 Å². The van der Waals surface area contributed by atoms with E-state index in [0.29, 0.717) is 0 Å². The molecule has 1 aliphatic heterocycles. The molecule has 0 bridgehead atoms. The summed E-state index contributed by atoms with van der Waals surface area (Å²) in [5.41, 5.74) is 11.0. The molecule has 5 heteroatoms. The summed E-state index contributed by atoms with van der Waals surface area (Å²) in [6.45, 7) is 5.48. The van der Waals surface area contributed by atoms with Crippen molar-refractivity contribution < 1.29 is 4.74 Å². The highest BCUT2D eigenvalue weighted by molar-refractivity contribution is 5.68. The van der Waals surface area contributed by atoms with E-state index in [0.717, 1.165) is 53.9 Å². The molecular weight excluding hydrogens is 324 g/mol. The average molecular weight is 350 g/mol. The summed E-state index contributed by atoms with van der Waals surface area (Å²) < 4.78 is 7.55. The molecule has 1 aromatic carbocycles. The molecule has 2 N–H and O–H groups in total. The molecule has 1 unspecified atom stereocenters. The molecular formula is C21H26N4O. The maximum absolute atomic E-state index is 6.06. The van der Waals surface area contributed by atoms with Crippen LogP contribution in [0.2, 0.25) is 0 Å². The summed E-state index contributed by atoms with van der Waals surface area (Å²) in [7, 11) is 1.69. The van der Waals surface area contributed by atoms with Crippen molar-refractivity contribution >= 4 is 11.3 Å². The van der Waals surface area contributed by atoms with Crippen LogP contribution < -0.4 is 10.5 Å². The topological polar surface area (TPSA) is 55.8 Å². The zero-order valence-corrected chi connectivity index (χ0v) is 15.5. The van der Waals surface area contributed by atoms with Crippen LogP contribution in [-0.4, -0.2) is 34.5 Å². The van der Waals surface area contributed by atoms with E-state index in [9.17, 15) is 0 Å². The highest BCUT2D eigenvalue weighted by Gasteiger charge is 2.21. The number of ether oxygens (including phenoxy) is 1. The number of hydrogen-bond acceptors (Lipinski definition) is 4. The van der Waals surface area contributed by atoms with Crippen molar-refractivity contribution in [2.45, 2.75) is 26.3 Å². The van der Waals surface area contributed by atoms with Crippen molar-refractivity contribution in [2.75, 3.05) is 25.9 Å². The van der Waals surface area contributed by atoms with Gasteiger partial charge in [-0.1, -0.05) is 19.1 Å². The molecule has 0 saturated carbocycles. The smallest absolute Gasteiger partial charge is 0.137 e. The Kier molecular flexibility index (Phi) is 4.55. The number of hydrogen-bond donors (Lipinski definition) is 1. The first-order valence-corrected chi connectivity index (χ1v) is 9.27. The molecule has 4 rings (SSSR count). The zero-order valence-electron chi connectivity index (χ0n) is 15.5. The van der Waals surface area contributed by atoms with Gasteiger partial charge in [0.15, 0.2) is 0 Å². The fourth-order valence-electron chi connectivity index (χ4n) is 3.90. The van der Waals surface area contributed by atoms with Crippen molar-refractivity contribution in [3.63, 3.8) is 0 Å². The normalized spacial score (nSPS) is 18.3. The molecule has 3 heterocycles. The van der Waals surface area contributed by atoms with Gasteiger partial charge in [-0.15, -0.1) is 0 Å². The van der Waals surface area contributed by atoms with Crippen LogP contribution in [0.15, 0.2) is 42.6 Å². The Morgan fingerprint density at radius 2 is 2.15 bits per heavy atom. The second-order valence-electron chi connectivity index (χ2n) is 7.31. The fourth-order valence-corrected chi connectivity index (χ4v) is 3.90. The van der Waals surface area contributed by atoms with Crippen LogP contribution in [0.5, 0.6) is 5.75 Å². The lowest BCUT2D eigenvalue weighted by Gasteiger charge is -2.30. The highest BCUT2D eigenvalue weighted by Crippen LogP contribution is 2.30. The first kappa shape index (κ1) is 16.9. The molecule has 0 amide bonds. The van der Waals surface area contributed by atoms with Crippen LogP contribution in [0.1, 0.15) is 25.5 Å².